The first-order valence-corrected chi connectivity index (χ1v) is 11.0. The molecule has 30 heavy (non-hydrogen) atoms. The molecule has 3 aromatic rings. The lowest BCUT2D eigenvalue weighted by atomic mass is 10.0. The minimum absolute atomic E-state index is 0.138. The minimum atomic E-state index is -0.455. The van der Waals surface area contributed by atoms with Gasteiger partial charge in [-0.25, -0.2) is 4.68 Å². The lowest BCUT2D eigenvalue weighted by molar-refractivity contribution is -0.116. The van der Waals surface area contributed by atoms with Crippen molar-refractivity contribution in [3.05, 3.63) is 64.9 Å². The van der Waals surface area contributed by atoms with Crippen molar-refractivity contribution in [1.29, 1.82) is 0 Å². The maximum absolute atomic E-state index is 13.2. The molecule has 0 aliphatic carbocycles. The Morgan fingerprint density at radius 3 is 2.73 bits per heavy atom. The molecule has 4 rings (SSSR count). The third-order valence-electron chi connectivity index (χ3n) is 4.72. The summed E-state index contributed by atoms with van der Waals surface area (Å²) in [5.74, 6) is 1.48. The van der Waals surface area contributed by atoms with Crippen LogP contribution in [0.15, 0.2) is 53.7 Å². The molecule has 2 N–H and O–H groups in total. The monoisotopic (exact) mass is 443 g/mol. The van der Waals surface area contributed by atoms with Gasteiger partial charge in [-0.05, 0) is 42.8 Å². The molecular formula is C21H22ClN5O2S. The molecule has 1 amide bonds. The van der Waals surface area contributed by atoms with E-state index in [1.165, 1.54) is 11.8 Å². The summed E-state index contributed by atoms with van der Waals surface area (Å²) >= 11 is 7.46. The Morgan fingerprint density at radius 1 is 1.23 bits per heavy atom. The largest absolute Gasteiger partial charge is 0.494 e. The van der Waals surface area contributed by atoms with Gasteiger partial charge in [-0.2, -0.15) is 0 Å². The Hall–Kier alpha value is -2.71. The Bertz CT molecular complexity index is 1040. The van der Waals surface area contributed by atoms with Crippen LogP contribution < -0.4 is 15.5 Å². The van der Waals surface area contributed by atoms with Crippen molar-refractivity contribution in [1.82, 2.24) is 14.9 Å². The van der Waals surface area contributed by atoms with E-state index in [9.17, 15) is 4.79 Å². The average Bonchev–Trinajstić information content (AvgIpc) is 3.16. The maximum Gasteiger partial charge on any atom is 0.240 e. The standard InChI is InChI=1S/C21H22ClN5O2S/c1-3-17-24-25-21-27(17)26-18(13-8-10-16(11-9-13)29-4-2)19(30-21)20(28)23-15-7-5-6-14(22)12-15/h5-12,18-19,26H,3-4H2,1-2H3,(H,23,28)/t18-,19-/m1/s1. The number of aromatic nitrogens is 3. The van der Waals surface area contributed by atoms with Crippen molar-refractivity contribution in [2.45, 2.75) is 36.7 Å². The van der Waals surface area contributed by atoms with Crippen LogP contribution in [0, 0.1) is 0 Å². The van der Waals surface area contributed by atoms with Crippen LogP contribution in [0.4, 0.5) is 5.69 Å². The molecule has 1 aliphatic heterocycles. The summed E-state index contributed by atoms with van der Waals surface area (Å²) in [4.78, 5) is 13.2. The fourth-order valence-electron chi connectivity index (χ4n) is 3.30. The second-order valence-electron chi connectivity index (χ2n) is 6.73. The first-order valence-electron chi connectivity index (χ1n) is 9.75. The van der Waals surface area contributed by atoms with Crippen LogP contribution in [0.1, 0.15) is 31.3 Å². The summed E-state index contributed by atoms with van der Waals surface area (Å²) in [5, 5.41) is 12.2. The fraction of sp³-hybridized carbons (Fsp3) is 0.286. The van der Waals surface area contributed by atoms with Crippen LogP contribution in [0.3, 0.4) is 0 Å². The van der Waals surface area contributed by atoms with Crippen molar-refractivity contribution in [3.63, 3.8) is 0 Å². The molecule has 0 bridgehead atoms. The van der Waals surface area contributed by atoms with Crippen LogP contribution in [-0.4, -0.2) is 32.6 Å². The number of hydrogen-bond acceptors (Lipinski definition) is 6. The highest BCUT2D eigenvalue weighted by Crippen LogP contribution is 2.38. The molecule has 0 unspecified atom stereocenters. The van der Waals surface area contributed by atoms with Crippen molar-refractivity contribution in [3.8, 4) is 5.75 Å². The number of fused-ring (bicyclic) bond motifs is 1. The Morgan fingerprint density at radius 2 is 2.03 bits per heavy atom. The van der Waals surface area contributed by atoms with Crippen LogP contribution in [0.2, 0.25) is 5.02 Å². The number of anilines is 1. The third kappa shape index (κ3) is 4.24. The van der Waals surface area contributed by atoms with Crippen LogP contribution in [0.5, 0.6) is 5.75 Å². The van der Waals surface area contributed by atoms with Gasteiger partial charge in [0.25, 0.3) is 0 Å². The predicted octanol–water partition coefficient (Wildman–Crippen LogP) is 4.29. The van der Waals surface area contributed by atoms with Crippen LogP contribution >= 0.6 is 23.4 Å². The molecule has 2 heterocycles. The Balaban J connectivity index is 1.65. The Labute approximate surface area is 184 Å². The van der Waals surface area contributed by atoms with E-state index in [0.717, 1.165) is 23.6 Å². The van der Waals surface area contributed by atoms with Crippen molar-refractivity contribution >= 4 is 35.0 Å². The molecule has 1 aromatic heterocycles. The number of carbonyl (C=O) groups excluding carboxylic acids is 1. The second kappa shape index (κ2) is 8.97. The lowest BCUT2D eigenvalue weighted by Gasteiger charge is -2.33. The van der Waals surface area contributed by atoms with Gasteiger partial charge in [-0.1, -0.05) is 48.5 Å². The van der Waals surface area contributed by atoms with Gasteiger partial charge in [0.05, 0.1) is 12.6 Å². The summed E-state index contributed by atoms with van der Waals surface area (Å²) in [7, 11) is 0. The van der Waals surface area contributed by atoms with E-state index in [2.05, 4.69) is 20.9 Å². The zero-order chi connectivity index (χ0) is 21.1. The van der Waals surface area contributed by atoms with E-state index in [1.807, 2.05) is 48.9 Å². The van der Waals surface area contributed by atoms with Gasteiger partial charge in [-0.15, -0.1) is 10.2 Å². The molecule has 1 aliphatic rings. The van der Waals surface area contributed by atoms with E-state index in [1.54, 1.807) is 18.2 Å². The first-order chi connectivity index (χ1) is 14.6. The smallest absolute Gasteiger partial charge is 0.240 e. The molecule has 0 saturated carbocycles. The van der Waals surface area contributed by atoms with E-state index in [0.29, 0.717) is 22.5 Å². The van der Waals surface area contributed by atoms with E-state index in [-0.39, 0.29) is 11.9 Å². The first kappa shape index (κ1) is 20.6. The number of benzene rings is 2. The molecule has 0 radical (unpaired) electrons. The number of halogens is 1. The van der Waals surface area contributed by atoms with Crippen molar-refractivity contribution in [2.75, 3.05) is 17.3 Å². The molecule has 156 valence electrons. The normalized spacial score (nSPS) is 17.7. The van der Waals surface area contributed by atoms with Crippen molar-refractivity contribution in [2.24, 2.45) is 0 Å². The van der Waals surface area contributed by atoms with Gasteiger partial charge < -0.3 is 15.5 Å². The number of thioether (sulfide) groups is 1. The number of ether oxygens (including phenoxy) is 1. The second-order valence-corrected chi connectivity index (χ2v) is 8.28. The molecule has 9 heteroatoms. The molecular weight excluding hydrogens is 422 g/mol. The highest BCUT2D eigenvalue weighted by molar-refractivity contribution is 8.00. The summed E-state index contributed by atoms with van der Waals surface area (Å²) in [6.07, 6.45) is 0.732. The zero-order valence-corrected chi connectivity index (χ0v) is 18.2. The van der Waals surface area contributed by atoms with E-state index in [4.69, 9.17) is 16.3 Å². The number of nitrogens with zero attached hydrogens (tertiary/aromatic N) is 3. The quantitative estimate of drug-likeness (QED) is 0.591. The number of nitrogens with one attached hydrogen (secondary N) is 2. The molecule has 2 atom stereocenters. The van der Waals surface area contributed by atoms with Gasteiger partial charge in [0, 0.05) is 17.1 Å². The maximum atomic E-state index is 13.2. The van der Waals surface area contributed by atoms with Gasteiger partial charge in [-0.3, -0.25) is 4.79 Å². The third-order valence-corrected chi connectivity index (χ3v) is 6.17. The summed E-state index contributed by atoms with van der Waals surface area (Å²) in [6, 6.07) is 14.6. The number of amides is 1. The van der Waals surface area contributed by atoms with Gasteiger partial charge >= 0.3 is 0 Å². The van der Waals surface area contributed by atoms with Gasteiger partial charge in [0.1, 0.15) is 11.0 Å². The minimum Gasteiger partial charge on any atom is -0.494 e. The zero-order valence-electron chi connectivity index (χ0n) is 16.6. The molecule has 7 nitrogen and oxygen atoms in total. The fourth-order valence-corrected chi connectivity index (χ4v) is 4.58. The highest BCUT2D eigenvalue weighted by Gasteiger charge is 2.37. The summed E-state index contributed by atoms with van der Waals surface area (Å²) in [6.45, 7) is 4.57. The van der Waals surface area contributed by atoms with E-state index < -0.39 is 5.25 Å². The highest BCUT2D eigenvalue weighted by atomic mass is 35.5. The van der Waals surface area contributed by atoms with Gasteiger partial charge in [0.15, 0.2) is 5.82 Å². The molecule has 2 aromatic carbocycles. The Kier molecular flexibility index (Phi) is 6.15. The number of rotatable bonds is 6. The number of aryl methyl sites for hydroxylation is 1. The average molecular weight is 444 g/mol. The molecule has 0 saturated heterocycles. The molecule has 0 fully saturated rings. The van der Waals surface area contributed by atoms with Crippen molar-refractivity contribution < 1.29 is 9.53 Å². The van der Waals surface area contributed by atoms with Gasteiger partial charge in [0.2, 0.25) is 11.1 Å². The topological polar surface area (TPSA) is 81.1 Å². The number of hydrogen-bond donors (Lipinski definition) is 2. The predicted molar refractivity (Wildman–Crippen MR) is 119 cm³/mol. The summed E-state index contributed by atoms with van der Waals surface area (Å²) < 4.78 is 7.42. The number of carbonyl (C=O) groups is 1. The summed E-state index contributed by atoms with van der Waals surface area (Å²) in [5.41, 5.74) is 5.06. The molecule has 0 spiro atoms. The van der Waals surface area contributed by atoms with E-state index >= 15 is 0 Å². The lowest BCUT2D eigenvalue weighted by Crippen LogP contribution is -2.41. The van der Waals surface area contributed by atoms with Crippen LogP contribution in [-0.2, 0) is 11.2 Å². The SMILES string of the molecule is CCOc1ccc([C@H]2Nn3c(CC)nnc3S[C@H]2C(=O)Nc2cccc(Cl)c2)cc1. The van der Waals surface area contributed by atoms with Crippen LogP contribution in [0.25, 0.3) is 0 Å².